The Labute approximate surface area is 111 Å². The van der Waals surface area contributed by atoms with Crippen molar-refractivity contribution in [2.24, 2.45) is 5.84 Å². The van der Waals surface area contributed by atoms with Crippen molar-refractivity contribution in [1.29, 1.82) is 0 Å². The van der Waals surface area contributed by atoms with Crippen molar-refractivity contribution >= 4 is 11.6 Å². The van der Waals surface area contributed by atoms with Gasteiger partial charge in [-0.05, 0) is 37.8 Å². The summed E-state index contributed by atoms with van der Waals surface area (Å²) in [7, 11) is 1.70. The van der Waals surface area contributed by atoms with Gasteiger partial charge in [-0.15, -0.1) is 0 Å². The second kappa shape index (κ2) is 5.53. The Kier molecular flexibility index (Phi) is 4.22. The Hall–Kier alpha value is -0.680. The minimum absolute atomic E-state index is 0.164. The summed E-state index contributed by atoms with van der Waals surface area (Å²) in [4.78, 5) is 0. The van der Waals surface area contributed by atoms with Crippen LogP contribution in [0, 0.1) is 5.82 Å². The molecule has 100 valence electrons. The van der Waals surface area contributed by atoms with Crippen molar-refractivity contribution < 1.29 is 9.13 Å². The van der Waals surface area contributed by atoms with Crippen LogP contribution in [0.25, 0.3) is 0 Å². The van der Waals surface area contributed by atoms with Gasteiger partial charge in [0.15, 0.2) is 0 Å². The largest absolute Gasteiger partial charge is 0.378 e. The molecule has 5 heteroatoms. The normalized spacial score (nSPS) is 19.3. The third-order valence-electron chi connectivity index (χ3n) is 3.81. The van der Waals surface area contributed by atoms with Gasteiger partial charge in [-0.1, -0.05) is 17.7 Å². The number of hydrogen-bond donors (Lipinski definition) is 2. The molecule has 3 nitrogen and oxygen atoms in total. The lowest BCUT2D eigenvalue weighted by Gasteiger charge is -2.42. The van der Waals surface area contributed by atoms with E-state index in [9.17, 15) is 4.39 Å². The molecule has 1 aliphatic rings. The molecule has 0 heterocycles. The van der Waals surface area contributed by atoms with E-state index < -0.39 is 0 Å². The Bertz CT molecular complexity index is 418. The van der Waals surface area contributed by atoms with Gasteiger partial charge in [0.2, 0.25) is 0 Å². The van der Waals surface area contributed by atoms with Crippen molar-refractivity contribution in [1.82, 2.24) is 5.43 Å². The lowest BCUT2D eigenvalue weighted by Crippen LogP contribution is -2.44. The molecule has 3 N–H and O–H groups in total. The molecule has 1 fully saturated rings. The average molecular weight is 273 g/mol. The van der Waals surface area contributed by atoms with Crippen LogP contribution in [-0.2, 0) is 4.74 Å². The number of nitrogens with two attached hydrogens (primary N) is 1. The van der Waals surface area contributed by atoms with Crippen LogP contribution in [0.2, 0.25) is 5.02 Å². The number of methoxy groups -OCH3 is 1. The third-order valence-corrected chi connectivity index (χ3v) is 4.05. The van der Waals surface area contributed by atoms with E-state index in [1.165, 1.54) is 6.07 Å². The molecule has 0 aromatic heterocycles. The van der Waals surface area contributed by atoms with Crippen LogP contribution in [0.4, 0.5) is 4.39 Å². The van der Waals surface area contributed by atoms with Crippen molar-refractivity contribution in [2.45, 2.75) is 37.3 Å². The molecule has 0 saturated heterocycles. The highest BCUT2D eigenvalue weighted by Gasteiger charge is 2.39. The van der Waals surface area contributed by atoms with Crippen LogP contribution in [0.1, 0.15) is 37.3 Å². The van der Waals surface area contributed by atoms with Gasteiger partial charge in [-0.2, -0.15) is 0 Å². The molecular weight excluding hydrogens is 255 g/mol. The molecule has 0 bridgehead atoms. The van der Waals surface area contributed by atoms with Gasteiger partial charge < -0.3 is 4.74 Å². The van der Waals surface area contributed by atoms with Crippen molar-refractivity contribution in [3.63, 3.8) is 0 Å². The zero-order chi connectivity index (χ0) is 13.2. The van der Waals surface area contributed by atoms with Crippen LogP contribution in [-0.4, -0.2) is 12.7 Å². The van der Waals surface area contributed by atoms with E-state index in [1.54, 1.807) is 19.2 Å². The lowest BCUT2D eigenvalue weighted by molar-refractivity contribution is -0.0840. The molecule has 0 radical (unpaired) electrons. The standard InChI is InChI=1S/C13H18ClFN2O/c1-18-13(5-2-6-13)8-12(17-16)10-4-3-9(14)7-11(10)15/h3-4,7,12,17H,2,5-6,8,16H2,1H3. The zero-order valence-corrected chi connectivity index (χ0v) is 11.1. The van der Waals surface area contributed by atoms with Gasteiger partial charge >= 0.3 is 0 Å². The van der Waals surface area contributed by atoms with E-state index in [-0.39, 0.29) is 17.5 Å². The summed E-state index contributed by atoms with van der Waals surface area (Å²) in [6.45, 7) is 0. The Morgan fingerprint density at radius 3 is 2.72 bits per heavy atom. The van der Waals surface area contributed by atoms with Gasteiger partial charge in [0.1, 0.15) is 5.82 Å². The number of nitrogens with one attached hydrogen (secondary N) is 1. The number of ether oxygens (including phenoxy) is 1. The summed E-state index contributed by atoms with van der Waals surface area (Å²) in [5.41, 5.74) is 3.04. The first kappa shape index (κ1) is 13.7. The highest BCUT2D eigenvalue weighted by atomic mass is 35.5. The van der Waals surface area contributed by atoms with E-state index in [0.29, 0.717) is 17.0 Å². The molecule has 1 saturated carbocycles. The molecule has 1 atom stereocenters. The smallest absolute Gasteiger partial charge is 0.129 e. The molecule has 0 amide bonds. The molecule has 1 aliphatic carbocycles. The van der Waals surface area contributed by atoms with Gasteiger partial charge in [0, 0.05) is 17.7 Å². The van der Waals surface area contributed by atoms with Gasteiger partial charge in [0.05, 0.1) is 11.6 Å². The quantitative estimate of drug-likeness (QED) is 0.640. The van der Waals surface area contributed by atoms with Crippen LogP contribution >= 0.6 is 11.6 Å². The monoisotopic (exact) mass is 272 g/mol. The number of hydrazine groups is 1. The van der Waals surface area contributed by atoms with Crippen molar-refractivity contribution in [2.75, 3.05) is 7.11 Å². The maximum absolute atomic E-state index is 13.9. The topological polar surface area (TPSA) is 47.3 Å². The molecule has 18 heavy (non-hydrogen) atoms. The first-order valence-electron chi connectivity index (χ1n) is 6.06. The van der Waals surface area contributed by atoms with Crippen LogP contribution in [0.15, 0.2) is 18.2 Å². The Balaban J connectivity index is 2.17. The van der Waals surface area contributed by atoms with Crippen LogP contribution < -0.4 is 11.3 Å². The summed E-state index contributed by atoms with van der Waals surface area (Å²) in [5.74, 6) is 5.21. The molecular formula is C13H18ClFN2O. The third kappa shape index (κ3) is 2.67. The van der Waals surface area contributed by atoms with E-state index in [0.717, 1.165) is 19.3 Å². The summed E-state index contributed by atoms with van der Waals surface area (Å²) in [6, 6.07) is 4.39. The van der Waals surface area contributed by atoms with Gasteiger partial charge in [-0.25, -0.2) is 4.39 Å². The highest BCUT2D eigenvalue weighted by Crippen LogP contribution is 2.42. The van der Waals surface area contributed by atoms with E-state index >= 15 is 0 Å². The van der Waals surface area contributed by atoms with Crippen LogP contribution in [0.5, 0.6) is 0 Å². The summed E-state index contributed by atoms with van der Waals surface area (Å²) in [6.07, 6.45) is 3.81. The van der Waals surface area contributed by atoms with Crippen molar-refractivity contribution in [3.8, 4) is 0 Å². The van der Waals surface area contributed by atoms with E-state index in [4.69, 9.17) is 22.2 Å². The highest BCUT2D eigenvalue weighted by molar-refractivity contribution is 6.30. The minimum Gasteiger partial charge on any atom is -0.378 e. The van der Waals surface area contributed by atoms with Crippen molar-refractivity contribution in [3.05, 3.63) is 34.6 Å². The van der Waals surface area contributed by atoms with E-state index in [2.05, 4.69) is 5.43 Å². The Morgan fingerprint density at radius 1 is 1.56 bits per heavy atom. The van der Waals surface area contributed by atoms with Gasteiger partial charge in [0.25, 0.3) is 0 Å². The number of hydrogen-bond acceptors (Lipinski definition) is 3. The fourth-order valence-electron chi connectivity index (χ4n) is 2.48. The maximum Gasteiger partial charge on any atom is 0.129 e. The second-order valence-corrected chi connectivity index (χ2v) is 5.27. The lowest BCUT2D eigenvalue weighted by atomic mass is 9.75. The maximum atomic E-state index is 13.9. The number of benzene rings is 1. The first-order valence-corrected chi connectivity index (χ1v) is 6.44. The van der Waals surface area contributed by atoms with Crippen LogP contribution in [0.3, 0.4) is 0 Å². The average Bonchev–Trinajstić information content (AvgIpc) is 2.30. The molecule has 0 aliphatic heterocycles. The fourth-order valence-corrected chi connectivity index (χ4v) is 2.64. The molecule has 2 rings (SSSR count). The fraction of sp³-hybridized carbons (Fsp3) is 0.538. The zero-order valence-electron chi connectivity index (χ0n) is 10.4. The first-order chi connectivity index (χ1) is 8.60. The van der Waals surface area contributed by atoms with E-state index in [1.807, 2.05) is 0 Å². The Morgan fingerprint density at radius 2 is 2.28 bits per heavy atom. The predicted octanol–water partition coefficient (Wildman–Crippen LogP) is 2.94. The van der Waals surface area contributed by atoms with Gasteiger partial charge in [-0.3, -0.25) is 11.3 Å². The molecule has 1 aromatic carbocycles. The summed E-state index contributed by atoms with van der Waals surface area (Å²) < 4.78 is 19.4. The summed E-state index contributed by atoms with van der Waals surface area (Å²) >= 11 is 5.75. The SMILES string of the molecule is COC1(CC(NN)c2ccc(Cl)cc2F)CCC1. The number of halogens is 2. The number of rotatable bonds is 5. The summed E-state index contributed by atoms with van der Waals surface area (Å²) in [5, 5.41) is 0.386. The predicted molar refractivity (Wildman–Crippen MR) is 69.7 cm³/mol. The molecule has 1 aromatic rings. The molecule has 0 spiro atoms. The second-order valence-electron chi connectivity index (χ2n) is 4.83. The minimum atomic E-state index is -0.337. The molecule has 1 unspecified atom stereocenters.